The van der Waals surface area contributed by atoms with E-state index >= 15 is 0 Å². The van der Waals surface area contributed by atoms with Crippen LogP contribution in [0.1, 0.15) is 49.0 Å². The minimum Gasteiger partial charge on any atom is -0.496 e. The number of H-pyrrole nitrogens is 1. The monoisotopic (exact) mass is 553 g/mol. The normalized spacial score (nSPS) is 26.8. The predicted octanol–water partition coefficient (Wildman–Crippen LogP) is 1.27. The molecule has 0 radical (unpaired) electrons. The van der Waals surface area contributed by atoms with Crippen LogP contribution in [0.15, 0.2) is 24.3 Å². The molecule has 3 amide bonds. The van der Waals surface area contributed by atoms with Gasteiger partial charge in [-0.2, -0.15) is 0 Å². The average molecular weight is 554 g/mol. The molecular weight excluding hydrogens is 514 g/mol. The third-order valence-corrected chi connectivity index (χ3v) is 8.85. The Labute approximate surface area is 233 Å². The van der Waals surface area contributed by atoms with Crippen molar-refractivity contribution in [1.82, 2.24) is 25.4 Å². The number of fused-ring (bicyclic) bond motifs is 2. The van der Waals surface area contributed by atoms with Gasteiger partial charge in [0.2, 0.25) is 11.7 Å². The van der Waals surface area contributed by atoms with Crippen LogP contribution in [0.4, 0.5) is 0 Å². The number of amides is 3. The number of ether oxygens (including phenoxy) is 1. The number of likely N-dealkylation sites (tertiary alicyclic amines) is 1. The van der Waals surface area contributed by atoms with E-state index in [0.717, 1.165) is 36.6 Å². The maximum Gasteiger partial charge on any atom is 0.291 e. The largest absolute Gasteiger partial charge is 0.496 e. The molecule has 2 aliphatic heterocycles. The van der Waals surface area contributed by atoms with Crippen molar-refractivity contribution in [2.45, 2.75) is 56.8 Å². The van der Waals surface area contributed by atoms with Crippen LogP contribution < -0.4 is 15.4 Å². The number of nitrogens with one attached hydrogen (secondary N) is 3. The molecule has 216 valence electrons. The molecule has 11 heteroatoms. The van der Waals surface area contributed by atoms with Gasteiger partial charge in [-0.25, -0.2) is 0 Å². The molecule has 3 aliphatic rings. The van der Waals surface area contributed by atoms with E-state index in [4.69, 9.17) is 4.74 Å². The van der Waals surface area contributed by atoms with Crippen LogP contribution in [0.3, 0.4) is 0 Å². The van der Waals surface area contributed by atoms with Crippen molar-refractivity contribution in [2.24, 2.45) is 17.8 Å². The molecule has 1 unspecified atom stereocenters. The highest BCUT2D eigenvalue weighted by atomic mass is 16.5. The van der Waals surface area contributed by atoms with Crippen LogP contribution >= 0.6 is 0 Å². The van der Waals surface area contributed by atoms with Gasteiger partial charge in [-0.3, -0.25) is 24.5 Å². The van der Waals surface area contributed by atoms with Gasteiger partial charge in [-0.15, -0.1) is 0 Å². The lowest BCUT2D eigenvalue weighted by Crippen LogP contribution is -2.55. The molecule has 0 bridgehead atoms. The van der Waals surface area contributed by atoms with Crippen LogP contribution in [0.5, 0.6) is 5.75 Å². The Balaban J connectivity index is 1.43. The van der Waals surface area contributed by atoms with E-state index in [1.54, 1.807) is 18.1 Å². The van der Waals surface area contributed by atoms with E-state index in [0.29, 0.717) is 31.0 Å². The summed E-state index contributed by atoms with van der Waals surface area (Å²) in [4.78, 5) is 59.8. The molecule has 1 aromatic carbocycles. The number of benzene rings is 1. The van der Waals surface area contributed by atoms with Crippen LogP contribution in [-0.4, -0.2) is 96.0 Å². The summed E-state index contributed by atoms with van der Waals surface area (Å²) in [5, 5.41) is 16.9. The van der Waals surface area contributed by atoms with Crippen LogP contribution in [0, 0.1) is 17.8 Å². The first-order valence-electron chi connectivity index (χ1n) is 14.1. The topological polar surface area (TPSA) is 144 Å². The highest BCUT2D eigenvalue weighted by Crippen LogP contribution is 2.41. The molecule has 0 spiro atoms. The van der Waals surface area contributed by atoms with E-state index in [-0.39, 0.29) is 30.1 Å². The van der Waals surface area contributed by atoms with Gasteiger partial charge >= 0.3 is 0 Å². The number of hydrogen-bond donors (Lipinski definition) is 4. The zero-order valence-corrected chi connectivity index (χ0v) is 23.3. The Kier molecular flexibility index (Phi) is 8.14. The maximum atomic E-state index is 14.0. The van der Waals surface area contributed by atoms with Gasteiger partial charge in [-0.1, -0.05) is 18.9 Å². The molecule has 11 nitrogen and oxygen atoms in total. The first kappa shape index (κ1) is 28.1. The smallest absolute Gasteiger partial charge is 0.291 e. The lowest BCUT2D eigenvalue weighted by atomic mass is 9.78. The number of aliphatic hydroxyl groups excluding tert-OH is 1. The van der Waals surface area contributed by atoms with E-state index in [9.17, 15) is 24.3 Å². The molecular formula is C29H39N5O6. The zero-order valence-electron chi connectivity index (χ0n) is 23.3. The number of methoxy groups -OCH3 is 1. The van der Waals surface area contributed by atoms with Crippen molar-refractivity contribution in [3.05, 3.63) is 30.0 Å². The Hall–Kier alpha value is -3.44. The summed E-state index contributed by atoms with van der Waals surface area (Å²) in [5.41, 5.74) is 1.13. The number of Topliss-reactive ketones (excluding diaryl/α,β-unsaturated/α-hetero) is 1. The van der Waals surface area contributed by atoms with Crippen molar-refractivity contribution < 1.29 is 29.0 Å². The van der Waals surface area contributed by atoms with E-state index < -0.39 is 35.9 Å². The molecule has 1 aliphatic carbocycles. The molecule has 1 aromatic heterocycles. The van der Waals surface area contributed by atoms with E-state index in [2.05, 4.69) is 15.6 Å². The summed E-state index contributed by atoms with van der Waals surface area (Å²) in [7, 11) is 4.56. The summed E-state index contributed by atoms with van der Waals surface area (Å²) >= 11 is 0. The number of nitrogens with zero attached hydrogens (tertiary/aromatic N) is 2. The Morgan fingerprint density at radius 1 is 1.18 bits per heavy atom. The van der Waals surface area contributed by atoms with Crippen molar-refractivity contribution >= 4 is 34.4 Å². The van der Waals surface area contributed by atoms with Gasteiger partial charge in [0, 0.05) is 37.5 Å². The van der Waals surface area contributed by atoms with Crippen LogP contribution in [0.2, 0.25) is 0 Å². The standard InChI is InChI=1S/C29H39N5O6/c1-33(2)29(39)25(35)21(13-16-11-12-30-26(16)36)32-27(37)24-18-8-5-4-7-17(18)15-34(24)28(38)22-14-19-20(31-22)9-6-10-23(19)40-3/h6,9-10,14,16-18,21,24,26,30-31,36H,4-5,7-8,11-13,15H2,1-3H3,(H,32,37)/t16-,17-,18-,21-,24-,26?/m0/s1. The number of likely N-dealkylation sites (N-methyl/N-ethyl adjacent to an activating group) is 1. The van der Waals surface area contributed by atoms with Gasteiger partial charge in [0.15, 0.2) is 0 Å². The molecule has 40 heavy (non-hydrogen) atoms. The van der Waals surface area contributed by atoms with Gasteiger partial charge in [0.1, 0.15) is 23.7 Å². The fraction of sp³-hybridized carbons (Fsp3) is 0.586. The number of aliphatic hydroxyl groups is 1. The second kappa shape index (κ2) is 11.6. The second-order valence-electron chi connectivity index (χ2n) is 11.5. The number of aromatic nitrogens is 1. The van der Waals surface area contributed by atoms with Crippen LogP contribution in [0.25, 0.3) is 10.9 Å². The summed E-state index contributed by atoms with van der Waals surface area (Å²) in [6.07, 6.45) is 3.71. The fourth-order valence-electron chi connectivity index (χ4n) is 6.75. The molecule has 4 N–H and O–H groups in total. The summed E-state index contributed by atoms with van der Waals surface area (Å²) < 4.78 is 5.45. The van der Waals surface area contributed by atoms with Crippen LogP contribution in [-0.2, 0) is 14.4 Å². The molecule has 2 aromatic rings. The third-order valence-electron chi connectivity index (χ3n) is 8.85. The highest BCUT2D eigenvalue weighted by Gasteiger charge is 2.49. The van der Waals surface area contributed by atoms with E-state index in [1.807, 2.05) is 18.2 Å². The third kappa shape index (κ3) is 5.32. The number of rotatable bonds is 8. The lowest BCUT2D eigenvalue weighted by molar-refractivity contribution is -0.145. The molecule has 6 atom stereocenters. The number of carbonyl (C=O) groups excluding carboxylic acids is 4. The Morgan fingerprint density at radius 3 is 2.65 bits per heavy atom. The summed E-state index contributed by atoms with van der Waals surface area (Å²) in [6.45, 7) is 1.04. The van der Waals surface area contributed by atoms with E-state index in [1.165, 1.54) is 19.0 Å². The van der Waals surface area contributed by atoms with Crippen molar-refractivity contribution in [3.63, 3.8) is 0 Å². The van der Waals surface area contributed by atoms with Crippen molar-refractivity contribution in [1.29, 1.82) is 0 Å². The SMILES string of the molecule is COc1cccc2[nH]c(C(=O)N3C[C@@H]4CCCC[C@@H]4[C@H]3C(=O)N[C@@H](C[C@@H]3CCNC3O)C(=O)C(=O)N(C)C)cc12. The van der Waals surface area contributed by atoms with Gasteiger partial charge < -0.3 is 29.9 Å². The lowest BCUT2D eigenvalue weighted by Gasteiger charge is -2.31. The van der Waals surface area contributed by atoms with Crippen molar-refractivity contribution in [3.8, 4) is 5.75 Å². The minimum absolute atomic E-state index is 0.0318. The Morgan fingerprint density at radius 2 is 1.95 bits per heavy atom. The minimum atomic E-state index is -1.10. The quantitative estimate of drug-likeness (QED) is 0.361. The molecule has 5 rings (SSSR count). The maximum absolute atomic E-state index is 14.0. The highest BCUT2D eigenvalue weighted by molar-refractivity contribution is 6.38. The fourth-order valence-corrected chi connectivity index (χ4v) is 6.75. The summed E-state index contributed by atoms with van der Waals surface area (Å²) in [6, 6.07) is 5.43. The van der Waals surface area contributed by atoms with Gasteiger partial charge in [0.25, 0.3) is 11.8 Å². The Bertz CT molecular complexity index is 1290. The number of aromatic amines is 1. The summed E-state index contributed by atoms with van der Waals surface area (Å²) in [5.74, 6) is -1.63. The second-order valence-corrected chi connectivity index (χ2v) is 11.5. The predicted molar refractivity (Wildman–Crippen MR) is 147 cm³/mol. The first-order valence-corrected chi connectivity index (χ1v) is 14.1. The zero-order chi connectivity index (χ0) is 28.6. The molecule has 3 heterocycles. The molecule has 3 fully saturated rings. The van der Waals surface area contributed by atoms with Crippen molar-refractivity contribution in [2.75, 3.05) is 34.3 Å². The number of ketones is 1. The van der Waals surface area contributed by atoms with Gasteiger partial charge in [-0.05, 0) is 62.3 Å². The average Bonchev–Trinajstić information content (AvgIpc) is 3.67. The first-order chi connectivity index (χ1) is 19.2. The molecule has 1 saturated carbocycles. The molecule has 2 saturated heterocycles. The number of carbonyl (C=O) groups is 4. The van der Waals surface area contributed by atoms with Gasteiger partial charge in [0.05, 0.1) is 13.2 Å². The number of hydrogen-bond acceptors (Lipinski definition) is 7.